The molecule has 50 heavy (non-hydrogen) atoms. The summed E-state index contributed by atoms with van der Waals surface area (Å²) in [5.41, 5.74) is 9.36. The van der Waals surface area contributed by atoms with Gasteiger partial charge in [-0.05, 0) is 66.6 Å². The van der Waals surface area contributed by atoms with E-state index in [1.165, 1.54) is 32.7 Å². The number of fused-ring (bicyclic) bond motifs is 2. The van der Waals surface area contributed by atoms with Crippen LogP contribution >= 0.6 is 0 Å². The van der Waals surface area contributed by atoms with Crippen molar-refractivity contribution in [3.05, 3.63) is 205 Å². The Morgan fingerprint density at radius 1 is 0.420 bits per heavy atom. The van der Waals surface area contributed by atoms with Gasteiger partial charge in [0.15, 0.2) is 11.7 Å². The van der Waals surface area contributed by atoms with E-state index in [0.29, 0.717) is 5.84 Å². The Labute approximate surface area is 292 Å². The predicted molar refractivity (Wildman–Crippen MR) is 212 cm³/mol. The van der Waals surface area contributed by atoms with Gasteiger partial charge in [-0.15, -0.1) is 0 Å². The number of amidine groups is 2. The summed E-state index contributed by atoms with van der Waals surface area (Å²) in [6.45, 7) is 0. The van der Waals surface area contributed by atoms with Crippen LogP contribution < -0.4 is 0 Å². The van der Waals surface area contributed by atoms with Gasteiger partial charge in [0.2, 0.25) is 0 Å². The van der Waals surface area contributed by atoms with E-state index in [9.17, 15) is 0 Å². The first-order valence-electron chi connectivity index (χ1n) is 16.7. The van der Waals surface area contributed by atoms with Crippen LogP contribution in [-0.2, 0) is 0 Å². The molecule has 0 saturated carbocycles. The van der Waals surface area contributed by atoms with E-state index < -0.39 is 0 Å². The molecule has 8 rings (SSSR count). The van der Waals surface area contributed by atoms with Crippen molar-refractivity contribution in [1.29, 1.82) is 5.41 Å². The van der Waals surface area contributed by atoms with Crippen molar-refractivity contribution in [2.75, 3.05) is 0 Å². The van der Waals surface area contributed by atoms with Gasteiger partial charge in [-0.1, -0.05) is 182 Å². The fourth-order valence-corrected chi connectivity index (χ4v) is 6.33. The second kappa shape index (κ2) is 13.8. The molecule has 0 fully saturated rings. The second-order valence-electron chi connectivity index (χ2n) is 12.3. The average molecular weight is 640 g/mol. The summed E-state index contributed by atoms with van der Waals surface area (Å²) in [6, 6.07) is 64.7. The predicted octanol–water partition coefficient (Wildman–Crippen LogP) is 11.9. The third-order valence-corrected chi connectivity index (χ3v) is 9.06. The molecule has 8 aromatic rings. The Bertz CT molecular complexity index is 2500. The molecule has 0 spiro atoms. The van der Waals surface area contributed by atoms with Crippen LogP contribution in [0.2, 0.25) is 0 Å². The molecule has 0 amide bonds. The highest BCUT2D eigenvalue weighted by Gasteiger charge is 2.10. The largest absolute Gasteiger partial charge is 0.282 e. The van der Waals surface area contributed by atoms with E-state index in [1.807, 2.05) is 48.7 Å². The molecule has 1 N–H and O–H groups in total. The second-order valence-corrected chi connectivity index (χ2v) is 12.3. The Balaban J connectivity index is 1.11. The van der Waals surface area contributed by atoms with E-state index in [4.69, 9.17) is 15.4 Å². The van der Waals surface area contributed by atoms with Crippen molar-refractivity contribution in [1.82, 2.24) is 0 Å². The van der Waals surface area contributed by atoms with Crippen molar-refractivity contribution < 1.29 is 0 Å². The summed E-state index contributed by atoms with van der Waals surface area (Å²) < 4.78 is 0. The topological polar surface area (TPSA) is 48.6 Å². The quantitative estimate of drug-likeness (QED) is 0.139. The molecule has 0 bridgehead atoms. The zero-order chi connectivity index (χ0) is 33.7. The van der Waals surface area contributed by atoms with Crippen LogP contribution in [0.3, 0.4) is 0 Å². The Morgan fingerprint density at radius 3 is 1.76 bits per heavy atom. The van der Waals surface area contributed by atoms with Crippen molar-refractivity contribution in [3.63, 3.8) is 0 Å². The van der Waals surface area contributed by atoms with E-state index in [1.54, 1.807) is 0 Å². The molecule has 0 aliphatic rings. The van der Waals surface area contributed by atoms with Gasteiger partial charge in [-0.3, -0.25) is 5.41 Å². The van der Waals surface area contributed by atoms with Gasteiger partial charge in [-0.2, -0.15) is 0 Å². The molecule has 8 aromatic carbocycles. The van der Waals surface area contributed by atoms with Crippen LogP contribution in [0.5, 0.6) is 0 Å². The lowest BCUT2D eigenvalue weighted by atomic mass is 9.97. The van der Waals surface area contributed by atoms with Gasteiger partial charge in [-0.25, -0.2) is 9.98 Å². The fourth-order valence-electron chi connectivity index (χ4n) is 6.33. The molecule has 3 heteroatoms. The van der Waals surface area contributed by atoms with Crippen molar-refractivity contribution in [3.8, 4) is 33.4 Å². The summed E-state index contributed by atoms with van der Waals surface area (Å²) in [4.78, 5) is 9.66. The van der Waals surface area contributed by atoms with E-state index in [0.717, 1.165) is 38.9 Å². The maximum Gasteiger partial charge on any atom is 0.161 e. The lowest BCUT2D eigenvalue weighted by Crippen LogP contribution is -2.05. The molecule has 0 saturated heterocycles. The average Bonchev–Trinajstić information content (AvgIpc) is 3.19. The number of hydrogen-bond acceptors (Lipinski definition) is 1. The standard InChI is InChI=1S/C47H33N3/c48-46(40-26-21-37(22-27-40)43-30-23-35-11-4-5-13-42(35)31-43)50-47(49-32-33-17-19-36(20-18-33)34-9-2-1-3-10-34)41-28-24-39(25-29-41)45-16-8-14-38-12-6-7-15-44(38)45/h1-32,48H. The molecule has 236 valence electrons. The van der Waals surface area contributed by atoms with E-state index >= 15 is 0 Å². The van der Waals surface area contributed by atoms with Crippen LogP contribution in [0.25, 0.3) is 54.9 Å². The van der Waals surface area contributed by atoms with E-state index in [-0.39, 0.29) is 5.84 Å². The SMILES string of the molecule is N=C(N=C(N=Cc1ccc(-c2ccccc2)cc1)c1ccc(-c2cccc3ccccc23)cc1)c1ccc(-c2ccc3ccccc3c2)cc1. The number of nitrogens with one attached hydrogen (secondary N) is 1. The summed E-state index contributed by atoms with van der Waals surface area (Å²) in [7, 11) is 0. The number of rotatable bonds is 6. The lowest BCUT2D eigenvalue weighted by Gasteiger charge is -2.09. The molecule has 0 heterocycles. The van der Waals surface area contributed by atoms with Crippen molar-refractivity contribution in [2.24, 2.45) is 9.98 Å². The van der Waals surface area contributed by atoms with Gasteiger partial charge in [0.1, 0.15) is 0 Å². The molecule has 0 aliphatic heterocycles. The Kier molecular flexibility index (Phi) is 8.45. The molecule has 0 atom stereocenters. The third-order valence-electron chi connectivity index (χ3n) is 9.06. The van der Waals surface area contributed by atoms with Gasteiger partial charge in [0.25, 0.3) is 0 Å². The van der Waals surface area contributed by atoms with Gasteiger partial charge in [0, 0.05) is 17.3 Å². The number of benzene rings is 8. The summed E-state index contributed by atoms with van der Waals surface area (Å²) >= 11 is 0. The highest BCUT2D eigenvalue weighted by atomic mass is 14.9. The fraction of sp³-hybridized carbons (Fsp3) is 0. The zero-order valence-electron chi connectivity index (χ0n) is 27.4. The van der Waals surface area contributed by atoms with Crippen LogP contribution in [0.4, 0.5) is 0 Å². The van der Waals surface area contributed by atoms with Gasteiger partial charge >= 0.3 is 0 Å². The van der Waals surface area contributed by atoms with Crippen LogP contribution in [-0.4, -0.2) is 17.9 Å². The highest BCUT2D eigenvalue weighted by Crippen LogP contribution is 2.29. The molecule has 0 radical (unpaired) electrons. The first-order chi connectivity index (χ1) is 24.7. The Morgan fingerprint density at radius 2 is 0.980 bits per heavy atom. The molecule has 0 aromatic heterocycles. The van der Waals surface area contributed by atoms with Gasteiger partial charge < -0.3 is 0 Å². The molecule has 0 unspecified atom stereocenters. The Hall–Kier alpha value is -6.71. The minimum Gasteiger partial charge on any atom is -0.282 e. The minimum atomic E-state index is 0.153. The number of nitrogens with zero attached hydrogens (tertiary/aromatic N) is 2. The van der Waals surface area contributed by atoms with Gasteiger partial charge in [0.05, 0.1) is 0 Å². The number of aliphatic imine (C=N–C) groups is 2. The molecule has 3 nitrogen and oxygen atoms in total. The van der Waals surface area contributed by atoms with Crippen LogP contribution in [0.1, 0.15) is 16.7 Å². The van der Waals surface area contributed by atoms with Crippen LogP contribution in [0.15, 0.2) is 198 Å². The van der Waals surface area contributed by atoms with Crippen molar-refractivity contribution >= 4 is 39.4 Å². The highest BCUT2D eigenvalue weighted by molar-refractivity contribution is 6.13. The monoisotopic (exact) mass is 639 g/mol. The normalized spacial score (nSPS) is 11.7. The molecular formula is C47H33N3. The maximum atomic E-state index is 9.00. The van der Waals surface area contributed by atoms with Crippen molar-refractivity contribution in [2.45, 2.75) is 0 Å². The zero-order valence-corrected chi connectivity index (χ0v) is 27.4. The minimum absolute atomic E-state index is 0.153. The first-order valence-corrected chi connectivity index (χ1v) is 16.7. The third kappa shape index (κ3) is 6.53. The van der Waals surface area contributed by atoms with Crippen LogP contribution in [0, 0.1) is 5.41 Å². The molecule has 0 aliphatic carbocycles. The summed E-state index contributed by atoms with van der Waals surface area (Å²) in [5.74, 6) is 0.630. The molecular weight excluding hydrogens is 607 g/mol. The smallest absolute Gasteiger partial charge is 0.161 e. The number of hydrogen-bond donors (Lipinski definition) is 1. The maximum absolute atomic E-state index is 9.00. The lowest BCUT2D eigenvalue weighted by molar-refractivity contribution is 1.40. The first kappa shape index (κ1) is 30.6. The van der Waals surface area contributed by atoms with E-state index in [2.05, 4.69) is 146 Å². The summed E-state index contributed by atoms with van der Waals surface area (Å²) in [6.07, 6.45) is 1.82. The summed E-state index contributed by atoms with van der Waals surface area (Å²) in [5, 5.41) is 13.8.